The van der Waals surface area contributed by atoms with E-state index in [1.807, 2.05) is 21.9 Å². The number of benzene rings is 2. The number of nitrogens with one attached hydrogen (secondary N) is 2. The van der Waals surface area contributed by atoms with Crippen LogP contribution >= 0.6 is 11.6 Å². The molecule has 15 heteroatoms. The second-order valence-corrected chi connectivity index (χ2v) is 17.4. The lowest BCUT2D eigenvalue weighted by Crippen LogP contribution is -2.62. The summed E-state index contributed by atoms with van der Waals surface area (Å²) >= 11 is 6.80. The van der Waals surface area contributed by atoms with Crippen LogP contribution in [0.25, 0.3) is 0 Å². The molecule has 57 heavy (non-hydrogen) atoms. The number of hydrogen-bond acceptors (Lipinski definition) is 10. The molecule has 13 nitrogen and oxygen atoms in total. The standard InChI is InChI=1S/C42H44ClFN8O5/c43-30-8-11-45-37-36(30)42(22-46-37,25-4-5-25)26-2-1-3-28(18-26)51-17-16-48(21-34(51)54)14-15-49-23-41(24-49)9-12-50(13-10-41)32-20-27(44)19-29-35(32)40(57)52(39(29)56)31-6-7-33(53)47-38(31)55/h1-3,8,11,18-20,25,31H,4-7,9-10,12-17,21-24H2,(H,45,46)(H,47,53,55). The average molecular weight is 795 g/mol. The summed E-state index contributed by atoms with van der Waals surface area (Å²) in [4.78, 5) is 78.9. The molecule has 2 N–H and O–H groups in total. The highest BCUT2D eigenvalue weighted by atomic mass is 35.5. The topological polar surface area (TPSA) is 138 Å². The van der Waals surface area contributed by atoms with Crippen LogP contribution in [-0.4, -0.2) is 121 Å². The van der Waals surface area contributed by atoms with Gasteiger partial charge in [-0.3, -0.25) is 39.1 Å². The Kier molecular flexibility index (Phi) is 8.69. The first kappa shape index (κ1) is 36.4. The molecule has 5 fully saturated rings. The molecule has 2 aromatic carbocycles. The molecule has 4 saturated heterocycles. The Bertz CT molecular complexity index is 2230. The van der Waals surface area contributed by atoms with Gasteiger partial charge in [0.25, 0.3) is 11.8 Å². The largest absolute Gasteiger partial charge is 0.371 e. The molecule has 2 atom stereocenters. The lowest BCUT2D eigenvalue weighted by atomic mass is 9.72. The fourth-order valence-electron chi connectivity index (χ4n) is 10.5. The van der Waals surface area contributed by atoms with Gasteiger partial charge in [-0.15, -0.1) is 0 Å². The van der Waals surface area contributed by atoms with Crippen molar-refractivity contribution in [3.05, 3.63) is 81.8 Å². The Balaban J connectivity index is 0.735. The summed E-state index contributed by atoms with van der Waals surface area (Å²) in [7, 11) is 0. The third kappa shape index (κ3) is 6.01. The van der Waals surface area contributed by atoms with Gasteiger partial charge in [0, 0.05) is 93.2 Å². The molecule has 1 aromatic heterocycles. The first-order valence-corrected chi connectivity index (χ1v) is 20.5. The van der Waals surface area contributed by atoms with Crippen molar-refractivity contribution in [2.75, 3.05) is 80.6 Å². The van der Waals surface area contributed by atoms with Gasteiger partial charge in [-0.1, -0.05) is 23.7 Å². The summed E-state index contributed by atoms with van der Waals surface area (Å²) in [6, 6.07) is 11.6. The average Bonchev–Trinajstić information content (AvgIpc) is 3.92. The van der Waals surface area contributed by atoms with Crippen molar-refractivity contribution in [1.29, 1.82) is 0 Å². The maximum atomic E-state index is 14.9. The summed E-state index contributed by atoms with van der Waals surface area (Å²) < 4.78 is 14.9. The zero-order valence-electron chi connectivity index (χ0n) is 31.6. The molecule has 5 amide bonds. The monoisotopic (exact) mass is 794 g/mol. The van der Waals surface area contributed by atoms with Crippen molar-refractivity contribution in [1.82, 2.24) is 25.0 Å². The number of anilines is 3. The van der Waals surface area contributed by atoms with Gasteiger partial charge in [0.1, 0.15) is 17.7 Å². The second-order valence-electron chi connectivity index (χ2n) is 17.0. The molecule has 3 aromatic rings. The van der Waals surface area contributed by atoms with E-state index in [9.17, 15) is 28.4 Å². The summed E-state index contributed by atoms with van der Waals surface area (Å²) in [5.74, 6) is -1.65. The summed E-state index contributed by atoms with van der Waals surface area (Å²) in [5.41, 5.74) is 3.51. The smallest absolute Gasteiger partial charge is 0.264 e. The summed E-state index contributed by atoms with van der Waals surface area (Å²) in [5, 5.41) is 6.45. The molecular formula is C42H44ClFN8O5. The third-order valence-corrected chi connectivity index (χ3v) is 13.9. The number of aromatic nitrogens is 1. The molecule has 6 aliphatic heterocycles. The van der Waals surface area contributed by atoms with E-state index >= 15 is 0 Å². The fraction of sp³-hybridized carbons (Fsp3) is 0.476. The van der Waals surface area contributed by atoms with Gasteiger partial charge in [0.15, 0.2) is 0 Å². The Morgan fingerprint density at radius 3 is 2.44 bits per heavy atom. The Labute approximate surface area is 334 Å². The van der Waals surface area contributed by atoms with Gasteiger partial charge < -0.3 is 20.0 Å². The molecule has 7 aliphatic rings. The Hall–Kier alpha value is -4.92. The molecule has 1 saturated carbocycles. The number of pyridine rings is 1. The molecule has 7 heterocycles. The van der Waals surface area contributed by atoms with Gasteiger partial charge in [0.2, 0.25) is 17.7 Å². The van der Waals surface area contributed by atoms with Crippen LogP contribution in [-0.2, 0) is 19.8 Å². The van der Waals surface area contributed by atoms with Crippen LogP contribution in [0.15, 0.2) is 48.7 Å². The SMILES string of the molecule is O=C1CCC(N2C(=O)c3cc(F)cc(N4CCC5(CC4)CN(CCN4CCN(c6cccc(C7(C8CC8)CNc8nccc(Cl)c87)c6)C(=O)C4)C5)c3C2=O)C(=O)N1. The van der Waals surface area contributed by atoms with Gasteiger partial charge in [0.05, 0.1) is 23.4 Å². The van der Waals surface area contributed by atoms with E-state index < -0.39 is 35.5 Å². The molecule has 296 valence electrons. The first-order valence-electron chi connectivity index (χ1n) is 20.1. The minimum atomic E-state index is -1.10. The van der Waals surface area contributed by atoms with E-state index in [2.05, 4.69) is 43.6 Å². The number of halogens is 2. The number of likely N-dealkylation sites (tertiary alicyclic amines) is 1. The molecule has 0 radical (unpaired) electrons. The van der Waals surface area contributed by atoms with E-state index in [1.165, 1.54) is 11.6 Å². The van der Waals surface area contributed by atoms with Crippen molar-refractivity contribution in [2.45, 2.75) is 50.0 Å². The zero-order valence-corrected chi connectivity index (χ0v) is 32.3. The van der Waals surface area contributed by atoms with Crippen LogP contribution in [0.4, 0.5) is 21.6 Å². The number of fused-ring (bicyclic) bond motifs is 2. The fourth-order valence-corrected chi connectivity index (χ4v) is 10.8. The number of rotatable bonds is 8. The maximum Gasteiger partial charge on any atom is 0.264 e. The highest BCUT2D eigenvalue weighted by molar-refractivity contribution is 6.32. The summed E-state index contributed by atoms with van der Waals surface area (Å²) in [6.07, 6.45) is 5.80. The van der Waals surface area contributed by atoms with E-state index in [-0.39, 0.29) is 40.7 Å². The lowest BCUT2D eigenvalue weighted by Gasteiger charge is -2.55. The highest BCUT2D eigenvalue weighted by Gasteiger charge is 2.53. The van der Waals surface area contributed by atoms with Gasteiger partial charge in [-0.2, -0.15) is 0 Å². The van der Waals surface area contributed by atoms with Crippen LogP contribution in [0.2, 0.25) is 5.02 Å². The van der Waals surface area contributed by atoms with E-state index in [1.54, 1.807) is 6.20 Å². The van der Waals surface area contributed by atoms with Crippen molar-refractivity contribution >= 4 is 58.3 Å². The van der Waals surface area contributed by atoms with E-state index in [4.69, 9.17) is 11.6 Å². The molecule has 1 spiro atoms. The number of carbonyl (C=O) groups is 5. The van der Waals surface area contributed by atoms with Gasteiger partial charge in [-0.05, 0) is 79.3 Å². The van der Waals surface area contributed by atoms with E-state index in [0.717, 1.165) is 98.0 Å². The van der Waals surface area contributed by atoms with Crippen molar-refractivity contribution < 1.29 is 28.4 Å². The molecular weight excluding hydrogens is 751 g/mol. The maximum absolute atomic E-state index is 14.9. The molecule has 2 unspecified atom stereocenters. The molecule has 1 aliphatic carbocycles. The van der Waals surface area contributed by atoms with Crippen LogP contribution in [0.3, 0.4) is 0 Å². The Morgan fingerprint density at radius 1 is 0.895 bits per heavy atom. The van der Waals surface area contributed by atoms with Gasteiger partial charge >= 0.3 is 0 Å². The summed E-state index contributed by atoms with van der Waals surface area (Å²) in [6.45, 7) is 7.28. The van der Waals surface area contributed by atoms with Crippen molar-refractivity contribution in [2.24, 2.45) is 11.3 Å². The highest BCUT2D eigenvalue weighted by Crippen LogP contribution is 2.57. The lowest BCUT2D eigenvalue weighted by molar-refractivity contribution is -0.136. The number of carbonyl (C=O) groups excluding carboxylic acids is 5. The predicted octanol–water partition coefficient (Wildman–Crippen LogP) is 3.65. The Morgan fingerprint density at radius 2 is 1.68 bits per heavy atom. The van der Waals surface area contributed by atoms with Gasteiger partial charge in [-0.25, -0.2) is 9.37 Å². The normalized spacial score (nSPS) is 26.1. The van der Waals surface area contributed by atoms with Crippen LogP contribution < -0.4 is 20.4 Å². The number of piperidine rings is 2. The van der Waals surface area contributed by atoms with Crippen molar-refractivity contribution in [3.8, 4) is 0 Å². The zero-order chi connectivity index (χ0) is 39.2. The quantitative estimate of drug-likeness (QED) is 0.325. The van der Waals surface area contributed by atoms with Crippen LogP contribution in [0.5, 0.6) is 0 Å². The number of hydrogen-bond donors (Lipinski definition) is 2. The minimum absolute atomic E-state index is 0.0186. The second kappa shape index (κ2) is 13.6. The first-order chi connectivity index (χ1) is 27.5. The van der Waals surface area contributed by atoms with E-state index in [0.29, 0.717) is 37.8 Å². The minimum Gasteiger partial charge on any atom is -0.371 e. The predicted molar refractivity (Wildman–Crippen MR) is 210 cm³/mol. The number of imide groups is 2. The van der Waals surface area contributed by atoms with Crippen LogP contribution in [0.1, 0.15) is 70.4 Å². The molecule has 10 rings (SSSR count). The van der Waals surface area contributed by atoms with Crippen LogP contribution in [0, 0.1) is 17.2 Å². The molecule has 0 bridgehead atoms. The van der Waals surface area contributed by atoms with Crippen molar-refractivity contribution in [3.63, 3.8) is 0 Å². The number of piperazine rings is 1. The number of nitrogens with zero attached hydrogens (tertiary/aromatic N) is 6. The number of amides is 5. The third-order valence-electron chi connectivity index (χ3n) is 13.6.